The SMILES string of the molecule is Cc1ccc2ccccc2c1-c1cc(-c2ccccc2)c2ccc3c(-c4ccccc4)cc(-c4c(C)ccc5ccccc45)nc3c2n1. The zero-order valence-corrected chi connectivity index (χ0v) is 26.9. The van der Waals surface area contributed by atoms with E-state index >= 15 is 0 Å². The number of benzene rings is 7. The predicted octanol–water partition coefficient (Wildman–Crippen LogP) is 12.4. The lowest BCUT2D eigenvalue weighted by atomic mass is 9.91. The Kier molecular flexibility index (Phi) is 6.62. The van der Waals surface area contributed by atoms with E-state index in [1.54, 1.807) is 0 Å². The van der Waals surface area contributed by atoms with E-state index < -0.39 is 0 Å². The Morgan fingerprint density at radius 2 is 0.750 bits per heavy atom. The molecule has 0 N–H and O–H groups in total. The molecule has 0 fully saturated rings. The predicted molar refractivity (Wildman–Crippen MR) is 203 cm³/mol. The molecule has 0 saturated carbocycles. The van der Waals surface area contributed by atoms with Crippen molar-refractivity contribution in [1.29, 1.82) is 0 Å². The largest absolute Gasteiger partial charge is 0.245 e. The molecule has 0 atom stereocenters. The van der Waals surface area contributed by atoms with Gasteiger partial charge in [-0.15, -0.1) is 0 Å². The zero-order chi connectivity index (χ0) is 32.2. The minimum absolute atomic E-state index is 0.910. The highest BCUT2D eigenvalue weighted by molar-refractivity contribution is 6.14. The van der Waals surface area contributed by atoms with Crippen LogP contribution in [0.15, 0.2) is 158 Å². The third-order valence-electron chi connectivity index (χ3n) is 9.71. The maximum atomic E-state index is 5.56. The first-order valence-corrected chi connectivity index (χ1v) is 16.5. The van der Waals surface area contributed by atoms with Gasteiger partial charge in [0, 0.05) is 21.9 Å². The summed E-state index contributed by atoms with van der Waals surface area (Å²) in [5, 5.41) is 7.00. The first kappa shape index (κ1) is 28.1. The lowest BCUT2D eigenvalue weighted by Gasteiger charge is -2.18. The normalized spacial score (nSPS) is 11.5. The number of hydrogen-bond donors (Lipinski definition) is 0. The summed E-state index contributed by atoms with van der Waals surface area (Å²) in [6.07, 6.45) is 0. The molecule has 0 unspecified atom stereocenters. The van der Waals surface area contributed by atoms with Crippen LogP contribution in [0.4, 0.5) is 0 Å². The number of rotatable bonds is 4. The molecular formula is C46H32N2. The number of aryl methyl sites for hydroxylation is 2. The van der Waals surface area contributed by atoms with Crippen molar-refractivity contribution in [1.82, 2.24) is 9.97 Å². The monoisotopic (exact) mass is 612 g/mol. The van der Waals surface area contributed by atoms with Gasteiger partial charge in [-0.1, -0.05) is 146 Å². The van der Waals surface area contributed by atoms with Crippen LogP contribution in [0, 0.1) is 13.8 Å². The van der Waals surface area contributed by atoms with Crippen LogP contribution < -0.4 is 0 Å². The van der Waals surface area contributed by atoms with Crippen LogP contribution in [0.5, 0.6) is 0 Å². The van der Waals surface area contributed by atoms with Crippen molar-refractivity contribution in [2.75, 3.05) is 0 Å². The highest BCUT2D eigenvalue weighted by Gasteiger charge is 2.19. The molecule has 0 bridgehead atoms. The van der Waals surface area contributed by atoms with Crippen LogP contribution in [0.1, 0.15) is 11.1 Å². The Hall–Kier alpha value is -6.12. The summed E-state index contributed by atoms with van der Waals surface area (Å²) in [6.45, 7) is 4.37. The van der Waals surface area contributed by atoms with Gasteiger partial charge in [0.1, 0.15) is 0 Å². The quantitative estimate of drug-likeness (QED) is 0.185. The second-order valence-corrected chi connectivity index (χ2v) is 12.7. The van der Waals surface area contributed by atoms with Gasteiger partial charge in [0.15, 0.2) is 0 Å². The summed E-state index contributed by atoms with van der Waals surface area (Å²) in [5.74, 6) is 0. The lowest BCUT2D eigenvalue weighted by molar-refractivity contribution is 1.35. The molecule has 226 valence electrons. The van der Waals surface area contributed by atoms with Gasteiger partial charge in [-0.05, 0) is 80.9 Å². The fourth-order valence-electron chi connectivity index (χ4n) is 7.39. The second-order valence-electron chi connectivity index (χ2n) is 12.7. The van der Waals surface area contributed by atoms with Crippen molar-refractivity contribution in [2.45, 2.75) is 13.8 Å². The van der Waals surface area contributed by atoms with Crippen LogP contribution >= 0.6 is 0 Å². The van der Waals surface area contributed by atoms with Crippen molar-refractivity contribution in [3.63, 3.8) is 0 Å². The summed E-state index contributed by atoms with van der Waals surface area (Å²) < 4.78 is 0. The van der Waals surface area contributed by atoms with E-state index in [4.69, 9.17) is 9.97 Å². The van der Waals surface area contributed by atoms with Crippen LogP contribution in [-0.2, 0) is 0 Å². The maximum absolute atomic E-state index is 5.56. The molecule has 0 spiro atoms. The average Bonchev–Trinajstić information content (AvgIpc) is 3.14. The molecular weight excluding hydrogens is 581 g/mol. The van der Waals surface area contributed by atoms with Gasteiger partial charge in [-0.25, -0.2) is 9.97 Å². The molecule has 2 aromatic heterocycles. The van der Waals surface area contributed by atoms with Gasteiger partial charge in [0.05, 0.1) is 22.4 Å². The molecule has 2 nitrogen and oxygen atoms in total. The lowest BCUT2D eigenvalue weighted by Crippen LogP contribution is -1.97. The third kappa shape index (κ3) is 4.57. The molecule has 0 saturated heterocycles. The number of aromatic nitrogens is 2. The Morgan fingerprint density at radius 1 is 0.354 bits per heavy atom. The van der Waals surface area contributed by atoms with Crippen LogP contribution in [-0.4, -0.2) is 9.97 Å². The standard InChI is InChI=1S/C46H32N2/c1-29-21-23-33-17-9-11-19-35(33)43(29)41-27-39(31-13-5-3-6-14-31)37-25-26-38-40(32-15-7-4-8-16-32)28-42(48-46(38)45(37)47-41)44-30(2)22-24-34-18-10-12-20-36(34)44/h3-28H,1-2H3. The van der Waals surface area contributed by atoms with Gasteiger partial charge in [-0.3, -0.25) is 0 Å². The summed E-state index contributed by atoms with van der Waals surface area (Å²) in [7, 11) is 0. The van der Waals surface area contributed by atoms with Crippen molar-refractivity contribution >= 4 is 43.4 Å². The van der Waals surface area contributed by atoms with Gasteiger partial charge in [0.2, 0.25) is 0 Å². The van der Waals surface area contributed by atoms with E-state index in [1.165, 1.54) is 32.7 Å². The average molecular weight is 613 g/mol. The zero-order valence-electron chi connectivity index (χ0n) is 26.9. The summed E-state index contributed by atoms with van der Waals surface area (Å²) >= 11 is 0. The minimum atomic E-state index is 0.910. The molecule has 2 heterocycles. The van der Waals surface area contributed by atoms with Gasteiger partial charge < -0.3 is 0 Å². The van der Waals surface area contributed by atoms with Gasteiger partial charge in [-0.2, -0.15) is 0 Å². The van der Waals surface area contributed by atoms with E-state index in [-0.39, 0.29) is 0 Å². The number of hydrogen-bond acceptors (Lipinski definition) is 2. The maximum Gasteiger partial charge on any atom is 0.0978 e. The Bertz CT molecular complexity index is 2490. The second kappa shape index (κ2) is 11.3. The fraction of sp³-hybridized carbons (Fsp3) is 0.0435. The van der Waals surface area contributed by atoms with E-state index in [9.17, 15) is 0 Å². The Morgan fingerprint density at radius 3 is 1.19 bits per heavy atom. The van der Waals surface area contributed by atoms with Crippen LogP contribution in [0.2, 0.25) is 0 Å². The topological polar surface area (TPSA) is 25.8 Å². The van der Waals surface area contributed by atoms with Gasteiger partial charge in [0.25, 0.3) is 0 Å². The first-order chi connectivity index (χ1) is 23.6. The molecule has 0 aliphatic heterocycles. The third-order valence-corrected chi connectivity index (χ3v) is 9.71. The molecule has 48 heavy (non-hydrogen) atoms. The molecule has 0 aliphatic carbocycles. The van der Waals surface area contributed by atoms with E-state index in [0.29, 0.717) is 0 Å². The number of pyridine rings is 2. The molecule has 7 aromatic carbocycles. The Balaban J connectivity index is 1.45. The molecule has 0 amide bonds. The highest BCUT2D eigenvalue weighted by Crippen LogP contribution is 2.42. The highest BCUT2D eigenvalue weighted by atomic mass is 14.8. The minimum Gasteiger partial charge on any atom is -0.245 e. The van der Waals surface area contributed by atoms with Crippen molar-refractivity contribution in [3.05, 3.63) is 169 Å². The number of fused-ring (bicyclic) bond motifs is 5. The van der Waals surface area contributed by atoms with E-state index in [1.807, 2.05) is 0 Å². The molecule has 2 heteroatoms. The summed E-state index contributed by atoms with van der Waals surface area (Å²) in [4.78, 5) is 11.1. The fourth-order valence-corrected chi connectivity index (χ4v) is 7.39. The summed E-state index contributed by atoms with van der Waals surface area (Å²) in [6, 6.07) is 56.4. The molecule has 0 radical (unpaired) electrons. The van der Waals surface area contributed by atoms with Crippen molar-refractivity contribution in [2.24, 2.45) is 0 Å². The van der Waals surface area contributed by atoms with Crippen molar-refractivity contribution < 1.29 is 0 Å². The van der Waals surface area contributed by atoms with Crippen LogP contribution in [0.25, 0.3) is 88.1 Å². The van der Waals surface area contributed by atoms with Gasteiger partial charge >= 0.3 is 0 Å². The first-order valence-electron chi connectivity index (χ1n) is 16.5. The molecule has 9 rings (SSSR count). The molecule has 0 aliphatic rings. The molecule has 9 aromatic rings. The Labute approximate surface area is 280 Å². The van der Waals surface area contributed by atoms with E-state index in [2.05, 4.69) is 172 Å². The van der Waals surface area contributed by atoms with Crippen LogP contribution in [0.3, 0.4) is 0 Å². The van der Waals surface area contributed by atoms with E-state index in [0.717, 1.165) is 66.6 Å². The summed E-state index contributed by atoms with van der Waals surface area (Å²) in [5.41, 5.74) is 13.1. The van der Waals surface area contributed by atoms with Crippen molar-refractivity contribution in [3.8, 4) is 44.8 Å². The number of nitrogens with zero attached hydrogens (tertiary/aromatic N) is 2. The smallest absolute Gasteiger partial charge is 0.0978 e.